The van der Waals surface area contributed by atoms with Crippen molar-refractivity contribution >= 4 is 38.5 Å². The van der Waals surface area contributed by atoms with Crippen LogP contribution in [0, 0.1) is 0 Å². The van der Waals surface area contributed by atoms with E-state index in [4.69, 9.17) is 0 Å². The summed E-state index contributed by atoms with van der Waals surface area (Å²) in [5, 5.41) is 9.81. The fourth-order valence-electron chi connectivity index (χ4n) is 1.93. The first-order valence-electron chi connectivity index (χ1n) is 5.88. The standard InChI is InChI=1S/C11H15BrN2O5S/c1-19-11(16)9-10(15)7(12)6-8(13-9)14-4-2-3-5-20(14,17)18/h6,15,17-18H,2-5H2,1H3. The Morgan fingerprint density at radius 3 is 2.80 bits per heavy atom. The number of aromatic nitrogens is 1. The molecule has 1 aromatic heterocycles. The minimum atomic E-state index is -2.94. The molecule has 0 aliphatic carbocycles. The molecule has 1 aliphatic rings. The number of rotatable bonds is 2. The zero-order chi connectivity index (χ0) is 14.9. The van der Waals surface area contributed by atoms with Crippen LogP contribution in [0.15, 0.2) is 10.5 Å². The van der Waals surface area contributed by atoms with E-state index >= 15 is 0 Å². The summed E-state index contributed by atoms with van der Waals surface area (Å²) in [6.45, 7) is 0.424. The molecule has 1 aliphatic heterocycles. The Kier molecular flexibility index (Phi) is 4.43. The molecule has 7 nitrogen and oxygen atoms in total. The summed E-state index contributed by atoms with van der Waals surface area (Å²) in [6, 6.07) is 1.45. The van der Waals surface area contributed by atoms with E-state index in [0.717, 1.165) is 12.8 Å². The van der Waals surface area contributed by atoms with Crippen LogP contribution in [0.25, 0.3) is 0 Å². The first-order chi connectivity index (χ1) is 9.36. The minimum Gasteiger partial charge on any atom is -0.504 e. The van der Waals surface area contributed by atoms with Crippen molar-refractivity contribution in [2.24, 2.45) is 0 Å². The topological polar surface area (TPSA) is 103 Å². The lowest BCUT2D eigenvalue weighted by Crippen LogP contribution is -2.35. The van der Waals surface area contributed by atoms with Gasteiger partial charge in [-0.05, 0) is 28.8 Å². The maximum atomic E-state index is 11.6. The molecule has 20 heavy (non-hydrogen) atoms. The number of hydrogen-bond acceptors (Lipinski definition) is 7. The second kappa shape index (κ2) is 5.76. The minimum absolute atomic E-state index is 0.217. The predicted octanol–water partition coefficient (Wildman–Crippen LogP) is 2.60. The maximum absolute atomic E-state index is 11.6. The molecule has 0 atom stereocenters. The number of ether oxygens (including phenoxy) is 1. The van der Waals surface area contributed by atoms with Gasteiger partial charge in [-0.1, -0.05) is 0 Å². The van der Waals surface area contributed by atoms with Crippen LogP contribution >= 0.6 is 26.7 Å². The Hall–Kier alpha value is -1.03. The van der Waals surface area contributed by atoms with Crippen LogP contribution in [0.1, 0.15) is 23.3 Å². The van der Waals surface area contributed by atoms with Crippen molar-refractivity contribution in [3.8, 4) is 5.75 Å². The normalized spacial score (nSPS) is 19.5. The number of aromatic hydroxyl groups is 1. The van der Waals surface area contributed by atoms with E-state index < -0.39 is 16.7 Å². The second-order valence-corrected chi connectivity index (χ2v) is 7.26. The number of methoxy groups -OCH3 is 1. The fraction of sp³-hybridized carbons (Fsp3) is 0.455. The molecule has 1 aromatic rings. The van der Waals surface area contributed by atoms with E-state index in [1.165, 1.54) is 17.5 Å². The fourth-order valence-corrected chi connectivity index (χ4v) is 3.95. The summed E-state index contributed by atoms with van der Waals surface area (Å²) < 4.78 is 26.3. The summed E-state index contributed by atoms with van der Waals surface area (Å²) in [4.78, 5) is 15.6. The van der Waals surface area contributed by atoms with Gasteiger partial charge in [0.2, 0.25) is 0 Å². The molecule has 1 fully saturated rings. The lowest BCUT2D eigenvalue weighted by molar-refractivity contribution is 0.0590. The van der Waals surface area contributed by atoms with E-state index in [-0.39, 0.29) is 27.5 Å². The molecular formula is C11H15BrN2O5S. The molecule has 0 radical (unpaired) electrons. The molecule has 2 rings (SSSR count). The van der Waals surface area contributed by atoms with Crippen molar-refractivity contribution in [1.82, 2.24) is 4.98 Å². The van der Waals surface area contributed by atoms with Gasteiger partial charge < -0.3 is 9.84 Å². The van der Waals surface area contributed by atoms with Gasteiger partial charge in [-0.25, -0.2) is 9.78 Å². The highest BCUT2D eigenvalue weighted by Crippen LogP contribution is 2.49. The average molecular weight is 367 g/mol. The number of carbonyl (C=O) groups is 1. The average Bonchev–Trinajstić information content (AvgIpc) is 2.40. The Morgan fingerprint density at radius 1 is 1.50 bits per heavy atom. The van der Waals surface area contributed by atoms with Crippen LogP contribution in [-0.4, -0.2) is 44.6 Å². The van der Waals surface area contributed by atoms with Gasteiger partial charge in [0.25, 0.3) is 0 Å². The largest absolute Gasteiger partial charge is 0.504 e. The van der Waals surface area contributed by atoms with Crippen LogP contribution in [0.2, 0.25) is 0 Å². The number of nitrogens with zero attached hydrogens (tertiary/aromatic N) is 2. The number of carbonyl (C=O) groups excluding carboxylic acids is 1. The predicted molar refractivity (Wildman–Crippen MR) is 79.2 cm³/mol. The van der Waals surface area contributed by atoms with E-state index in [0.29, 0.717) is 6.54 Å². The van der Waals surface area contributed by atoms with Crippen molar-refractivity contribution in [1.29, 1.82) is 0 Å². The Bertz CT molecular complexity index is 540. The van der Waals surface area contributed by atoms with Gasteiger partial charge in [0.05, 0.1) is 17.3 Å². The molecule has 0 unspecified atom stereocenters. The zero-order valence-electron chi connectivity index (χ0n) is 10.7. The van der Waals surface area contributed by atoms with Gasteiger partial charge in [0.1, 0.15) is 5.82 Å². The molecule has 0 amide bonds. The highest BCUT2D eigenvalue weighted by Gasteiger charge is 2.30. The summed E-state index contributed by atoms with van der Waals surface area (Å²) in [5.41, 5.74) is -0.266. The number of hydrogen-bond donors (Lipinski definition) is 3. The van der Waals surface area contributed by atoms with Crippen molar-refractivity contribution in [2.45, 2.75) is 12.8 Å². The summed E-state index contributed by atoms with van der Waals surface area (Å²) in [7, 11) is -1.76. The van der Waals surface area contributed by atoms with Crippen molar-refractivity contribution < 1.29 is 23.7 Å². The Balaban J connectivity index is 2.47. The van der Waals surface area contributed by atoms with Crippen molar-refractivity contribution in [3.05, 3.63) is 16.2 Å². The highest BCUT2D eigenvalue weighted by molar-refractivity contribution is 9.10. The van der Waals surface area contributed by atoms with Gasteiger partial charge >= 0.3 is 5.97 Å². The maximum Gasteiger partial charge on any atom is 0.360 e. The molecule has 112 valence electrons. The van der Waals surface area contributed by atoms with Crippen LogP contribution < -0.4 is 4.31 Å². The van der Waals surface area contributed by atoms with Crippen molar-refractivity contribution in [2.75, 3.05) is 23.7 Å². The van der Waals surface area contributed by atoms with Gasteiger partial charge in [0, 0.05) is 12.6 Å². The molecule has 0 bridgehead atoms. The van der Waals surface area contributed by atoms with Crippen molar-refractivity contribution in [3.63, 3.8) is 0 Å². The monoisotopic (exact) mass is 366 g/mol. The molecular weight excluding hydrogens is 352 g/mol. The highest BCUT2D eigenvalue weighted by atomic mass is 79.9. The molecule has 2 heterocycles. The first kappa shape index (κ1) is 15.4. The number of anilines is 1. The summed E-state index contributed by atoms with van der Waals surface area (Å²) in [5.74, 6) is -0.650. The second-order valence-electron chi connectivity index (χ2n) is 4.30. The zero-order valence-corrected chi connectivity index (χ0v) is 13.1. The van der Waals surface area contributed by atoms with Crippen LogP contribution in [0.5, 0.6) is 5.75 Å². The van der Waals surface area contributed by atoms with Gasteiger partial charge in [-0.2, -0.15) is 0 Å². The quantitative estimate of drug-likeness (QED) is 0.691. The molecule has 0 saturated carbocycles. The van der Waals surface area contributed by atoms with E-state index in [2.05, 4.69) is 25.7 Å². The van der Waals surface area contributed by atoms with Gasteiger partial charge in [0.15, 0.2) is 11.4 Å². The smallest absolute Gasteiger partial charge is 0.360 e. The lowest BCUT2D eigenvalue weighted by atomic mass is 10.3. The van der Waals surface area contributed by atoms with Crippen LogP contribution in [0.3, 0.4) is 0 Å². The number of halogens is 1. The Labute approximate surface area is 126 Å². The van der Waals surface area contributed by atoms with Gasteiger partial charge in [-0.3, -0.25) is 13.4 Å². The van der Waals surface area contributed by atoms with Crippen LogP contribution in [0.4, 0.5) is 5.82 Å². The molecule has 0 aromatic carbocycles. The third-order valence-electron chi connectivity index (χ3n) is 2.95. The van der Waals surface area contributed by atoms with E-state index in [1.54, 1.807) is 0 Å². The molecule has 9 heteroatoms. The molecule has 0 spiro atoms. The molecule has 3 N–H and O–H groups in total. The molecule has 1 saturated heterocycles. The van der Waals surface area contributed by atoms with E-state index in [9.17, 15) is 19.0 Å². The summed E-state index contributed by atoms with van der Waals surface area (Å²) >= 11 is 3.12. The number of esters is 1. The Morgan fingerprint density at radius 2 is 2.20 bits per heavy atom. The van der Waals surface area contributed by atoms with Gasteiger partial charge in [-0.15, -0.1) is 10.8 Å². The first-order valence-corrected chi connectivity index (χ1v) is 8.35. The lowest BCUT2D eigenvalue weighted by Gasteiger charge is -2.46. The van der Waals surface area contributed by atoms with E-state index in [1.807, 2.05) is 0 Å². The summed E-state index contributed by atoms with van der Waals surface area (Å²) in [6.07, 6.45) is 1.52. The number of pyridine rings is 1. The van der Waals surface area contributed by atoms with Crippen LogP contribution in [-0.2, 0) is 4.74 Å². The third-order valence-corrected chi connectivity index (χ3v) is 5.47. The third kappa shape index (κ3) is 2.85. The SMILES string of the molecule is COC(=O)c1nc(N2CCCCS2(O)O)cc(Br)c1O.